The molecule has 2 rings (SSSR count). The SMILES string of the molecule is CCCC(=O)Nc1cccc(NCC(=O)N(C)Cc2ccccc2)c1. The maximum absolute atomic E-state index is 12.3. The molecule has 2 amide bonds. The Bertz CT molecular complexity index is 701. The highest BCUT2D eigenvalue weighted by atomic mass is 16.2. The van der Waals surface area contributed by atoms with Gasteiger partial charge >= 0.3 is 0 Å². The molecule has 0 aliphatic carbocycles. The van der Waals surface area contributed by atoms with Gasteiger partial charge in [-0.1, -0.05) is 43.3 Å². The Balaban J connectivity index is 1.85. The molecule has 2 N–H and O–H groups in total. The smallest absolute Gasteiger partial charge is 0.241 e. The molecule has 0 radical (unpaired) electrons. The number of nitrogens with zero attached hydrogens (tertiary/aromatic N) is 1. The summed E-state index contributed by atoms with van der Waals surface area (Å²) in [5, 5.41) is 5.97. The van der Waals surface area contributed by atoms with Crippen LogP contribution in [0, 0.1) is 0 Å². The molecule has 5 heteroatoms. The van der Waals surface area contributed by atoms with Gasteiger partial charge in [0.25, 0.3) is 0 Å². The largest absolute Gasteiger partial charge is 0.376 e. The summed E-state index contributed by atoms with van der Waals surface area (Å²) in [6.07, 6.45) is 1.31. The lowest BCUT2D eigenvalue weighted by Gasteiger charge is -2.18. The third-order valence-corrected chi connectivity index (χ3v) is 3.76. The number of likely N-dealkylation sites (N-methyl/N-ethyl adjacent to an activating group) is 1. The van der Waals surface area contributed by atoms with Crippen molar-refractivity contribution in [2.75, 3.05) is 24.2 Å². The fourth-order valence-electron chi connectivity index (χ4n) is 2.42. The van der Waals surface area contributed by atoms with Gasteiger partial charge in [0.2, 0.25) is 11.8 Å². The number of anilines is 2. The molecule has 0 unspecified atom stereocenters. The lowest BCUT2D eigenvalue weighted by atomic mass is 10.2. The summed E-state index contributed by atoms with van der Waals surface area (Å²) in [4.78, 5) is 25.6. The lowest BCUT2D eigenvalue weighted by molar-refractivity contribution is -0.128. The Morgan fingerprint density at radius 1 is 1.00 bits per heavy atom. The Kier molecular flexibility index (Phi) is 7.01. The van der Waals surface area contributed by atoms with E-state index in [1.807, 2.05) is 61.5 Å². The van der Waals surface area contributed by atoms with Gasteiger partial charge in [-0.25, -0.2) is 0 Å². The molecular formula is C20H25N3O2. The molecule has 25 heavy (non-hydrogen) atoms. The number of carbonyl (C=O) groups is 2. The van der Waals surface area contributed by atoms with Gasteiger partial charge in [-0.15, -0.1) is 0 Å². The monoisotopic (exact) mass is 339 g/mol. The summed E-state index contributed by atoms with van der Waals surface area (Å²) >= 11 is 0. The summed E-state index contributed by atoms with van der Waals surface area (Å²) in [5.41, 5.74) is 2.63. The average molecular weight is 339 g/mol. The zero-order valence-electron chi connectivity index (χ0n) is 14.8. The minimum absolute atomic E-state index is 0.00155. The molecule has 0 saturated heterocycles. The minimum atomic E-state index is -0.00155. The van der Waals surface area contributed by atoms with Gasteiger partial charge in [0.15, 0.2) is 0 Å². The van der Waals surface area contributed by atoms with Crippen molar-refractivity contribution in [3.8, 4) is 0 Å². The van der Waals surface area contributed by atoms with E-state index in [9.17, 15) is 9.59 Å². The number of hydrogen-bond acceptors (Lipinski definition) is 3. The number of carbonyl (C=O) groups excluding carboxylic acids is 2. The summed E-state index contributed by atoms with van der Waals surface area (Å²) < 4.78 is 0. The molecule has 0 fully saturated rings. The summed E-state index contributed by atoms with van der Waals surface area (Å²) in [7, 11) is 1.79. The first kappa shape index (κ1) is 18.5. The van der Waals surface area contributed by atoms with Gasteiger partial charge in [-0.05, 0) is 30.2 Å². The molecular weight excluding hydrogens is 314 g/mol. The quantitative estimate of drug-likeness (QED) is 0.774. The lowest BCUT2D eigenvalue weighted by Crippen LogP contribution is -2.31. The Hall–Kier alpha value is -2.82. The van der Waals surface area contributed by atoms with Crippen molar-refractivity contribution in [3.63, 3.8) is 0 Å². The first-order valence-corrected chi connectivity index (χ1v) is 8.50. The molecule has 0 heterocycles. The predicted molar refractivity (Wildman–Crippen MR) is 101 cm³/mol. The van der Waals surface area contributed by atoms with E-state index in [-0.39, 0.29) is 18.4 Å². The number of rotatable bonds is 8. The van der Waals surface area contributed by atoms with Crippen molar-refractivity contribution >= 4 is 23.2 Å². The van der Waals surface area contributed by atoms with Gasteiger partial charge < -0.3 is 15.5 Å². The van der Waals surface area contributed by atoms with Crippen molar-refractivity contribution in [2.24, 2.45) is 0 Å². The Morgan fingerprint density at radius 2 is 1.72 bits per heavy atom. The molecule has 0 bridgehead atoms. The van der Waals surface area contributed by atoms with Gasteiger partial charge in [-0.3, -0.25) is 9.59 Å². The van der Waals surface area contributed by atoms with Crippen LogP contribution in [0.15, 0.2) is 54.6 Å². The van der Waals surface area contributed by atoms with Crippen LogP contribution in [0.3, 0.4) is 0 Å². The van der Waals surface area contributed by atoms with Crippen molar-refractivity contribution in [1.29, 1.82) is 0 Å². The van der Waals surface area contributed by atoms with E-state index in [0.29, 0.717) is 13.0 Å². The van der Waals surface area contributed by atoms with Crippen molar-refractivity contribution in [2.45, 2.75) is 26.3 Å². The molecule has 0 spiro atoms. The van der Waals surface area contributed by atoms with Crippen LogP contribution < -0.4 is 10.6 Å². The molecule has 0 aliphatic heterocycles. The second-order valence-electron chi connectivity index (χ2n) is 5.97. The summed E-state index contributed by atoms with van der Waals surface area (Å²) in [6, 6.07) is 17.3. The third kappa shape index (κ3) is 6.30. The maximum atomic E-state index is 12.3. The van der Waals surface area contributed by atoms with Crippen molar-refractivity contribution in [3.05, 3.63) is 60.2 Å². The number of nitrogens with one attached hydrogen (secondary N) is 2. The highest BCUT2D eigenvalue weighted by molar-refractivity contribution is 5.91. The van der Waals surface area contributed by atoms with Crippen LogP contribution >= 0.6 is 0 Å². The van der Waals surface area contributed by atoms with E-state index in [4.69, 9.17) is 0 Å². The standard InChI is InChI=1S/C20H25N3O2/c1-3-8-19(24)22-18-12-7-11-17(13-18)21-14-20(25)23(2)15-16-9-5-4-6-10-16/h4-7,9-13,21H,3,8,14-15H2,1-2H3,(H,22,24). The summed E-state index contributed by atoms with van der Waals surface area (Å²) in [5.74, 6) is 0.00240. The van der Waals surface area contributed by atoms with Crippen LogP contribution in [0.1, 0.15) is 25.3 Å². The highest BCUT2D eigenvalue weighted by Gasteiger charge is 2.09. The maximum Gasteiger partial charge on any atom is 0.241 e. The van der Waals surface area contributed by atoms with Crippen LogP contribution in [-0.2, 0) is 16.1 Å². The molecule has 2 aromatic carbocycles. The Labute approximate surface area is 149 Å². The van der Waals surface area contributed by atoms with E-state index >= 15 is 0 Å². The molecule has 0 aromatic heterocycles. The number of benzene rings is 2. The molecule has 2 aromatic rings. The zero-order chi connectivity index (χ0) is 18.1. The normalized spacial score (nSPS) is 10.2. The fraction of sp³-hybridized carbons (Fsp3) is 0.300. The van der Waals surface area contributed by atoms with Crippen LogP contribution in [-0.4, -0.2) is 30.3 Å². The minimum Gasteiger partial charge on any atom is -0.376 e. The number of hydrogen-bond donors (Lipinski definition) is 2. The van der Waals surface area contributed by atoms with Gasteiger partial charge in [0.1, 0.15) is 0 Å². The van der Waals surface area contributed by atoms with E-state index in [0.717, 1.165) is 23.4 Å². The number of amides is 2. The first-order valence-electron chi connectivity index (χ1n) is 8.50. The molecule has 132 valence electrons. The molecule has 0 atom stereocenters. The van der Waals surface area contributed by atoms with E-state index in [1.165, 1.54) is 0 Å². The second kappa shape index (κ2) is 9.47. The fourth-order valence-corrected chi connectivity index (χ4v) is 2.42. The second-order valence-corrected chi connectivity index (χ2v) is 5.97. The molecule has 0 aliphatic rings. The van der Waals surface area contributed by atoms with Crippen LogP contribution in [0.25, 0.3) is 0 Å². The van der Waals surface area contributed by atoms with E-state index in [1.54, 1.807) is 11.9 Å². The van der Waals surface area contributed by atoms with Gasteiger partial charge in [0.05, 0.1) is 6.54 Å². The average Bonchev–Trinajstić information content (AvgIpc) is 2.61. The molecule has 5 nitrogen and oxygen atoms in total. The predicted octanol–water partition coefficient (Wildman–Crippen LogP) is 3.50. The molecule has 0 saturated carbocycles. The van der Waals surface area contributed by atoms with E-state index < -0.39 is 0 Å². The van der Waals surface area contributed by atoms with Crippen LogP contribution in [0.4, 0.5) is 11.4 Å². The topological polar surface area (TPSA) is 61.4 Å². The highest BCUT2D eigenvalue weighted by Crippen LogP contribution is 2.15. The van der Waals surface area contributed by atoms with Gasteiger partial charge in [0, 0.05) is 31.4 Å². The van der Waals surface area contributed by atoms with Crippen molar-refractivity contribution in [1.82, 2.24) is 4.90 Å². The van der Waals surface area contributed by atoms with Crippen LogP contribution in [0.5, 0.6) is 0 Å². The zero-order valence-corrected chi connectivity index (χ0v) is 14.8. The Morgan fingerprint density at radius 3 is 2.44 bits per heavy atom. The van der Waals surface area contributed by atoms with E-state index in [2.05, 4.69) is 10.6 Å². The third-order valence-electron chi connectivity index (χ3n) is 3.76. The van der Waals surface area contributed by atoms with Crippen molar-refractivity contribution < 1.29 is 9.59 Å². The van der Waals surface area contributed by atoms with Gasteiger partial charge in [-0.2, -0.15) is 0 Å². The van der Waals surface area contributed by atoms with Crippen LogP contribution in [0.2, 0.25) is 0 Å². The first-order chi connectivity index (χ1) is 12.1. The summed E-state index contributed by atoms with van der Waals surface area (Å²) in [6.45, 7) is 2.75.